The molecular formula is C32H19N7. The summed E-state index contributed by atoms with van der Waals surface area (Å²) in [7, 11) is 0. The van der Waals surface area contributed by atoms with Gasteiger partial charge in [0.1, 0.15) is 29.0 Å². The van der Waals surface area contributed by atoms with Gasteiger partial charge in [0.2, 0.25) is 0 Å². The van der Waals surface area contributed by atoms with Gasteiger partial charge in [0.25, 0.3) is 0 Å². The number of rotatable bonds is 3. The number of pyridine rings is 2. The second-order valence-electron chi connectivity index (χ2n) is 9.29. The van der Waals surface area contributed by atoms with E-state index in [0.717, 1.165) is 66.5 Å². The van der Waals surface area contributed by atoms with Crippen molar-refractivity contribution in [1.29, 1.82) is 0 Å². The standard InChI is InChI=1S/C32H19N7/c1-2-7-21(8-3-1)31-37-29(25-16-18-33-19-35-25)24-14-12-20-13-15-27(36-28(20)30(24)38-31)39-26-11-5-4-9-22(26)23-10-6-17-34-32(23)39/h1-19H. The molecule has 0 unspecified atom stereocenters. The van der Waals surface area contributed by atoms with Gasteiger partial charge < -0.3 is 0 Å². The summed E-state index contributed by atoms with van der Waals surface area (Å²) in [5.74, 6) is 1.40. The maximum atomic E-state index is 5.22. The third-order valence-electron chi connectivity index (χ3n) is 7.03. The van der Waals surface area contributed by atoms with E-state index < -0.39 is 0 Å². The van der Waals surface area contributed by atoms with Crippen molar-refractivity contribution in [3.63, 3.8) is 0 Å². The highest BCUT2D eigenvalue weighted by molar-refractivity contribution is 6.09. The second-order valence-corrected chi connectivity index (χ2v) is 9.29. The predicted octanol–water partition coefficient (Wildman–Crippen LogP) is 6.79. The Kier molecular flexibility index (Phi) is 4.69. The van der Waals surface area contributed by atoms with Crippen LogP contribution in [-0.2, 0) is 0 Å². The van der Waals surface area contributed by atoms with Crippen molar-refractivity contribution in [2.75, 3.05) is 0 Å². The Hall–Kier alpha value is -5.56. The molecule has 7 nitrogen and oxygen atoms in total. The molecule has 0 spiro atoms. The molecule has 5 aromatic heterocycles. The van der Waals surface area contributed by atoms with Gasteiger partial charge >= 0.3 is 0 Å². The summed E-state index contributed by atoms with van der Waals surface area (Å²) < 4.78 is 2.12. The zero-order valence-corrected chi connectivity index (χ0v) is 20.6. The smallest absolute Gasteiger partial charge is 0.160 e. The fourth-order valence-electron chi connectivity index (χ4n) is 5.26. The van der Waals surface area contributed by atoms with Gasteiger partial charge in [-0.25, -0.2) is 29.9 Å². The lowest BCUT2D eigenvalue weighted by atomic mass is 10.1. The molecule has 0 amide bonds. The molecule has 0 fully saturated rings. The van der Waals surface area contributed by atoms with Crippen LogP contribution < -0.4 is 0 Å². The van der Waals surface area contributed by atoms with Gasteiger partial charge in [0.05, 0.1) is 16.7 Å². The molecule has 39 heavy (non-hydrogen) atoms. The van der Waals surface area contributed by atoms with Crippen LogP contribution in [0.4, 0.5) is 0 Å². The van der Waals surface area contributed by atoms with Crippen LogP contribution in [-0.4, -0.2) is 34.5 Å². The lowest BCUT2D eigenvalue weighted by Gasteiger charge is -2.12. The third-order valence-corrected chi connectivity index (χ3v) is 7.03. The van der Waals surface area contributed by atoms with Gasteiger partial charge in [-0.15, -0.1) is 0 Å². The van der Waals surface area contributed by atoms with Crippen LogP contribution in [0.5, 0.6) is 0 Å². The van der Waals surface area contributed by atoms with E-state index in [1.165, 1.54) is 6.33 Å². The third kappa shape index (κ3) is 3.37. The summed E-state index contributed by atoms with van der Waals surface area (Å²) in [6.07, 6.45) is 5.09. The predicted molar refractivity (Wildman–Crippen MR) is 153 cm³/mol. The van der Waals surface area contributed by atoms with E-state index in [1.54, 1.807) is 6.20 Å². The van der Waals surface area contributed by atoms with Crippen LogP contribution >= 0.6 is 0 Å². The SMILES string of the molecule is c1ccc(-c2nc(-c3ccncn3)c3ccc4ccc(-n5c6ccccc6c6cccnc65)nc4c3n2)cc1. The van der Waals surface area contributed by atoms with Crippen LogP contribution in [0.1, 0.15) is 0 Å². The molecule has 3 aromatic carbocycles. The van der Waals surface area contributed by atoms with Crippen molar-refractivity contribution in [2.24, 2.45) is 0 Å². The zero-order chi connectivity index (χ0) is 25.8. The highest BCUT2D eigenvalue weighted by atomic mass is 15.1. The fraction of sp³-hybridized carbons (Fsp3) is 0. The summed E-state index contributed by atoms with van der Waals surface area (Å²) >= 11 is 0. The van der Waals surface area contributed by atoms with Crippen LogP contribution in [0.3, 0.4) is 0 Å². The molecule has 8 rings (SSSR count). The number of para-hydroxylation sites is 1. The molecule has 0 aliphatic rings. The average Bonchev–Trinajstić information content (AvgIpc) is 3.35. The van der Waals surface area contributed by atoms with E-state index in [1.807, 2.05) is 66.9 Å². The minimum Gasteiger partial charge on any atom is -0.278 e. The van der Waals surface area contributed by atoms with Crippen LogP contribution in [0.25, 0.3) is 72.3 Å². The van der Waals surface area contributed by atoms with E-state index in [2.05, 4.69) is 50.9 Å². The first-order valence-corrected chi connectivity index (χ1v) is 12.6. The summed E-state index contributed by atoms with van der Waals surface area (Å²) in [5, 5.41) is 4.10. The largest absolute Gasteiger partial charge is 0.278 e. The Morgan fingerprint density at radius 3 is 2.31 bits per heavy atom. The van der Waals surface area contributed by atoms with Gasteiger partial charge in [-0.3, -0.25) is 4.57 Å². The summed E-state index contributed by atoms with van der Waals surface area (Å²) in [4.78, 5) is 28.6. The molecule has 0 saturated heterocycles. The van der Waals surface area contributed by atoms with Gasteiger partial charge in [0.15, 0.2) is 5.82 Å². The Bertz CT molecular complexity index is 2120. The van der Waals surface area contributed by atoms with Gasteiger partial charge in [-0.1, -0.05) is 54.6 Å². The van der Waals surface area contributed by atoms with Crippen molar-refractivity contribution in [3.05, 3.63) is 116 Å². The number of benzene rings is 3. The topological polar surface area (TPSA) is 82.3 Å². The fourth-order valence-corrected chi connectivity index (χ4v) is 5.26. The first-order chi connectivity index (χ1) is 19.3. The Labute approximate surface area is 222 Å². The minimum atomic E-state index is 0.620. The molecule has 5 heterocycles. The van der Waals surface area contributed by atoms with Crippen molar-refractivity contribution >= 4 is 43.7 Å². The van der Waals surface area contributed by atoms with E-state index in [9.17, 15) is 0 Å². The van der Waals surface area contributed by atoms with Crippen LogP contribution in [0, 0.1) is 0 Å². The molecule has 0 bridgehead atoms. The summed E-state index contributed by atoms with van der Waals surface area (Å²) in [5.41, 5.74) is 5.89. The molecular weight excluding hydrogens is 482 g/mol. The molecule has 0 atom stereocenters. The zero-order valence-electron chi connectivity index (χ0n) is 20.6. The first kappa shape index (κ1) is 21.5. The molecule has 0 saturated carbocycles. The second kappa shape index (κ2) is 8.49. The highest BCUT2D eigenvalue weighted by Gasteiger charge is 2.18. The molecule has 7 heteroatoms. The number of aromatic nitrogens is 7. The monoisotopic (exact) mass is 501 g/mol. The average molecular weight is 502 g/mol. The molecule has 0 aliphatic heterocycles. The van der Waals surface area contributed by atoms with Crippen molar-refractivity contribution in [3.8, 4) is 28.6 Å². The minimum absolute atomic E-state index is 0.620. The molecule has 0 N–H and O–H groups in total. The normalized spacial score (nSPS) is 11.6. The van der Waals surface area contributed by atoms with Crippen molar-refractivity contribution < 1.29 is 0 Å². The molecule has 182 valence electrons. The first-order valence-electron chi connectivity index (χ1n) is 12.6. The lowest BCUT2D eigenvalue weighted by molar-refractivity contribution is 1.07. The summed E-state index contributed by atoms with van der Waals surface area (Å²) in [6, 6.07) is 32.5. The number of fused-ring (bicyclic) bond motifs is 6. The number of hydrogen-bond acceptors (Lipinski definition) is 6. The van der Waals surface area contributed by atoms with Crippen molar-refractivity contribution in [2.45, 2.75) is 0 Å². The van der Waals surface area contributed by atoms with Gasteiger partial charge in [-0.2, -0.15) is 0 Å². The molecule has 0 radical (unpaired) electrons. The van der Waals surface area contributed by atoms with E-state index >= 15 is 0 Å². The molecule has 0 aliphatic carbocycles. The Morgan fingerprint density at radius 2 is 1.41 bits per heavy atom. The van der Waals surface area contributed by atoms with Gasteiger partial charge in [-0.05, 0) is 42.5 Å². The van der Waals surface area contributed by atoms with E-state index in [4.69, 9.17) is 19.9 Å². The van der Waals surface area contributed by atoms with Gasteiger partial charge in [0, 0.05) is 39.5 Å². The quantitative estimate of drug-likeness (QED) is 0.248. The maximum absolute atomic E-state index is 5.22. The molecule has 8 aromatic rings. The summed E-state index contributed by atoms with van der Waals surface area (Å²) in [6.45, 7) is 0. The van der Waals surface area contributed by atoms with Crippen LogP contribution in [0.2, 0.25) is 0 Å². The Morgan fingerprint density at radius 1 is 0.564 bits per heavy atom. The van der Waals surface area contributed by atoms with E-state index in [-0.39, 0.29) is 0 Å². The number of nitrogens with zero attached hydrogens (tertiary/aromatic N) is 7. The number of hydrogen-bond donors (Lipinski definition) is 0. The maximum Gasteiger partial charge on any atom is 0.160 e. The highest BCUT2D eigenvalue weighted by Crippen LogP contribution is 2.34. The Balaban J connectivity index is 1.47. The van der Waals surface area contributed by atoms with Crippen molar-refractivity contribution in [1.82, 2.24) is 34.5 Å². The lowest BCUT2D eigenvalue weighted by Crippen LogP contribution is -2.01. The van der Waals surface area contributed by atoms with E-state index in [0.29, 0.717) is 5.82 Å². The van der Waals surface area contributed by atoms with Crippen LogP contribution in [0.15, 0.2) is 116 Å².